The monoisotopic (exact) mass is 305 g/mol. The maximum absolute atomic E-state index is 6.24. The summed E-state index contributed by atoms with van der Waals surface area (Å²) in [5.74, 6) is 3.49. The molecule has 0 spiro atoms. The summed E-state index contributed by atoms with van der Waals surface area (Å²) in [4.78, 5) is 1.31. The van der Waals surface area contributed by atoms with Gasteiger partial charge in [0.1, 0.15) is 0 Å². The van der Waals surface area contributed by atoms with E-state index in [0.717, 1.165) is 12.3 Å². The van der Waals surface area contributed by atoms with Gasteiger partial charge in [-0.15, -0.1) is 11.3 Å². The average molecular weight is 306 g/mol. The summed E-state index contributed by atoms with van der Waals surface area (Å²) >= 11 is 7.41. The first-order chi connectivity index (χ1) is 7.27. The molecule has 1 saturated heterocycles. The fourth-order valence-electron chi connectivity index (χ4n) is 2.02. The van der Waals surface area contributed by atoms with Crippen molar-refractivity contribution in [1.29, 1.82) is 0 Å². The Labute approximate surface area is 108 Å². The molecule has 1 atom stereocenters. The molecule has 1 aromatic heterocycles. The summed E-state index contributed by atoms with van der Waals surface area (Å²) < 4.78 is 1.19. The first kappa shape index (κ1) is 12.0. The lowest BCUT2D eigenvalue weighted by atomic mass is 9.94. The second-order valence-electron chi connectivity index (χ2n) is 4.03. The van der Waals surface area contributed by atoms with Crippen molar-refractivity contribution in [2.45, 2.75) is 25.3 Å². The van der Waals surface area contributed by atoms with Gasteiger partial charge >= 0.3 is 0 Å². The molecule has 15 heavy (non-hydrogen) atoms. The van der Waals surface area contributed by atoms with Gasteiger partial charge in [0.25, 0.3) is 0 Å². The molecule has 0 aromatic carbocycles. The van der Waals surface area contributed by atoms with Gasteiger partial charge < -0.3 is 5.73 Å². The van der Waals surface area contributed by atoms with Crippen LogP contribution in [-0.2, 0) is 0 Å². The Morgan fingerprint density at radius 3 is 2.80 bits per heavy atom. The first-order valence-electron chi connectivity index (χ1n) is 5.33. The van der Waals surface area contributed by atoms with E-state index >= 15 is 0 Å². The van der Waals surface area contributed by atoms with Gasteiger partial charge in [-0.2, -0.15) is 11.8 Å². The molecular formula is C11H16BrNS2. The van der Waals surface area contributed by atoms with Gasteiger partial charge in [-0.1, -0.05) is 0 Å². The van der Waals surface area contributed by atoms with Gasteiger partial charge in [-0.25, -0.2) is 0 Å². The highest BCUT2D eigenvalue weighted by atomic mass is 79.9. The Hall–Kier alpha value is 0.490. The van der Waals surface area contributed by atoms with Gasteiger partial charge in [0.2, 0.25) is 0 Å². The third-order valence-electron chi connectivity index (χ3n) is 2.91. The van der Waals surface area contributed by atoms with E-state index in [-0.39, 0.29) is 6.04 Å². The molecule has 2 N–H and O–H groups in total. The van der Waals surface area contributed by atoms with Crippen molar-refractivity contribution >= 4 is 39.0 Å². The van der Waals surface area contributed by atoms with Crippen molar-refractivity contribution in [3.63, 3.8) is 0 Å². The minimum atomic E-state index is 0.229. The lowest BCUT2D eigenvalue weighted by Gasteiger charge is -2.24. The van der Waals surface area contributed by atoms with E-state index in [0.29, 0.717) is 0 Å². The number of hydrogen-bond acceptors (Lipinski definition) is 3. The van der Waals surface area contributed by atoms with Crippen molar-refractivity contribution in [1.82, 2.24) is 0 Å². The Bertz CT molecular complexity index is 307. The van der Waals surface area contributed by atoms with Crippen LogP contribution in [0.3, 0.4) is 0 Å². The maximum Gasteiger partial charge on any atom is 0.0403 e. The number of thioether (sulfide) groups is 1. The molecule has 1 unspecified atom stereocenters. The molecule has 2 heterocycles. The number of hydrogen-bond donors (Lipinski definition) is 1. The molecule has 0 aliphatic carbocycles. The quantitative estimate of drug-likeness (QED) is 0.912. The number of nitrogens with two attached hydrogens (primary N) is 1. The summed E-state index contributed by atoms with van der Waals surface area (Å²) in [6, 6.07) is 2.32. The van der Waals surface area contributed by atoms with E-state index in [9.17, 15) is 0 Å². The molecule has 0 saturated carbocycles. The zero-order valence-corrected chi connectivity index (χ0v) is 11.8. The largest absolute Gasteiger partial charge is 0.323 e. The lowest BCUT2D eigenvalue weighted by molar-refractivity contribution is 0.415. The number of rotatable bonds is 3. The molecular weight excluding hydrogens is 290 g/mol. The van der Waals surface area contributed by atoms with Crippen LogP contribution in [-0.4, -0.2) is 11.5 Å². The van der Waals surface area contributed by atoms with Crippen molar-refractivity contribution in [2.24, 2.45) is 11.7 Å². The van der Waals surface area contributed by atoms with Crippen molar-refractivity contribution in [2.75, 3.05) is 11.5 Å². The molecule has 0 amide bonds. The summed E-state index contributed by atoms with van der Waals surface area (Å²) in [7, 11) is 0. The van der Waals surface area contributed by atoms with Gasteiger partial charge in [-0.05, 0) is 64.1 Å². The van der Waals surface area contributed by atoms with Crippen LogP contribution in [0, 0.1) is 5.92 Å². The predicted molar refractivity (Wildman–Crippen MR) is 73.6 cm³/mol. The van der Waals surface area contributed by atoms with Crippen LogP contribution in [0.15, 0.2) is 15.9 Å². The molecule has 0 bridgehead atoms. The fraction of sp³-hybridized carbons (Fsp3) is 0.636. The smallest absolute Gasteiger partial charge is 0.0403 e. The molecule has 1 nitrogen and oxygen atoms in total. The molecule has 1 aromatic rings. The zero-order valence-electron chi connectivity index (χ0n) is 8.62. The third kappa shape index (κ3) is 3.22. The van der Waals surface area contributed by atoms with Gasteiger partial charge in [0, 0.05) is 15.4 Å². The molecule has 4 heteroatoms. The van der Waals surface area contributed by atoms with Gasteiger partial charge in [0.05, 0.1) is 0 Å². The van der Waals surface area contributed by atoms with Gasteiger partial charge in [-0.3, -0.25) is 0 Å². The molecule has 1 aliphatic heterocycles. The summed E-state index contributed by atoms with van der Waals surface area (Å²) in [6.07, 6.45) is 3.85. The fourth-order valence-corrected chi connectivity index (χ4v) is 4.91. The Morgan fingerprint density at radius 2 is 2.20 bits per heavy atom. The second-order valence-corrected chi connectivity index (χ2v) is 7.06. The maximum atomic E-state index is 6.24. The number of thiophene rings is 1. The van der Waals surface area contributed by atoms with E-state index < -0.39 is 0 Å². The third-order valence-corrected chi connectivity index (χ3v) is 5.96. The van der Waals surface area contributed by atoms with E-state index in [4.69, 9.17) is 5.73 Å². The zero-order chi connectivity index (χ0) is 10.7. The Balaban J connectivity index is 1.91. The molecule has 84 valence electrons. The molecule has 2 rings (SSSR count). The van der Waals surface area contributed by atoms with Crippen LogP contribution in [0.1, 0.15) is 30.2 Å². The topological polar surface area (TPSA) is 26.0 Å². The van der Waals surface area contributed by atoms with E-state index in [2.05, 4.69) is 39.1 Å². The van der Waals surface area contributed by atoms with Crippen LogP contribution in [0.25, 0.3) is 0 Å². The van der Waals surface area contributed by atoms with Crippen LogP contribution >= 0.6 is 39.0 Å². The lowest BCUT2D eigenvalue weighted by Crippen LogP contribution is -2.18. The van der Waals surface area contributed by atoms with Crippen molar-refractivity contribution < 1.29 is 0 Å². The molecule has 0 radical (unpaired) electrons. The van der Waals surface area contributed by atoms with Gasteiger partial charge in [0.15, 0.2) is 0 Å². The normalized spacial score (nSPS) is 20.4. The average Bonchev–Trinajstić information content (AvgIpc) is 2.66. The summed E-state index contributed by atoms with van der Waals surface area (Å²) in [5, 5.41) is 2.11. The SMILES string of the molecule is NC(CC1CCSCC1)c1sccc1Br. The summed E-state index contributed by atoms with van der Waals surface area (Å²) in [6.45, 7) is 0. The minimum Gasteiger partial charge on any atom is -0.323 e. The second kappa shape index (κ2) is 5.71. The summed E-state index contributed by atoms with van der Waals surface area (Å²) in [5.41, 5.74) is 6.24. The number of halogens is 1. The standard InChI is InChI=1S/C11H16BrNS2/c12-9-3-6-15-11(9)10(13)7-8-1-4-14-5-2-8/h3,6,8,10H,1-2,4-5,7,13H2. The predicted octanol–water partition coefficient (Wildman–Crippen LogP) is 4.04. The minimum absolute atomic E-state index is 0.229. The van der Waals surface area contributed by atoms with E-state index in [1.165, 1.54) is 33.7 Å². The Morgan fingerprint density at radius 1 is 1.47 bits per heavy atom. The first-order valence-corrected chi connectivity index (χ1v) is 8.16. The Kier molecular flexibility index (Phi) is 4.55. The molecule has 1 aliphatic rings. The van der Waals surface area contributed by atoms with Crippen molar-refractivity contribution in [3.05, 3.63) is 20.8 Å². The highest BCUT2D eigenvalue weighted by Gasteiger charge is 2.19. The highest BCUT2D eigenvalue weighted by Crippen LogP contribution is 2.34. The van der Waals surface area contributed by atoms with E-state index in [1.807, 2.05) is 0 Å². The van der Waals surface area contributed by atoms with Crippen LogP contribution < -0.4 is 5.73 Å². The van der Waals surface area contributed by atoms with Crippen LogP contribution in [0.2, 0.25) is 0 Å². The highest BCUT2D eigenvalue weighted by molar-refractivity contribution is 9.10. The van der Waals surface area contributed by atoms with Crippen LogP contribution in [0.5, 0.6) is 0 Å². The van der Waals surface area contributed by atoms with Crippen molar-refractivity contribution in [3.8, 4) is 0 Å². The van der Waals surface area contributed by atoms with Crippen LogP contribution in [0.4, 0.5) is 0 Å². The molecule has 1 fully saturated rings. The van der Waals surface area contributed by atoms with E-state index in [1.54, 1.807) is 11.3 Å².